The Kier molecular flexibility index (Phi) is 12.8. The SMILES string of the molecule is CC[C@@H](c1ccccc1)N1CCc2cc3c(c(C(=O)NC(Cc4ccc(-c5ccc(OC)cc5)cc4)C(=O)O)c2C1)O[C@@H](c1ccc(OCc2ccc(Cl)c(Cl)c2)cc1)CO3. The van der Waals surface area contributed by atoms with Crippen LogP contribution in [0, 0.1) is 0 Å². The number of carboxylic acid groups (broad SMARTS) is 1. The van der Waals surface area contributed by atoms with E-state index in [2.05, 4.69) is 29.3 Å². The van der Waals surface area contributed by atoms with Crippen LogP contribution in [-0.4, -0.2) is 48.2 Å². The zero-order chi connectivity index (χ0) is 42.5. The summed E-state index contributed by atoms with van der Waals surface area (Å²) in [5.74, 6) is 0.515. The topological polar surface area (TPSA) is 107 Å². The second-order valence-electron chi connectivity index (χ2n) is 15.3. The van der Waals surface area contributed by atoms with Crippen molar-refractivity contribution in [1.29, 1.82) is 0 Å². The third-order valence-electron chi connectivity index (χ3n) is 11.4. The molecule has 6 aromatic rings. The molecule has 0 aliphatic carbocycles. The van der Waals surface area contributed by atoms with E-state index in [-0.39, 0.29) is 19.1 Å². The van der Waals surface area contributed by atoms with Crippen LogP contribution in [0.5, 0.6) is 23.0 Å². The van der Waals surface area contributed by atoms with Gasteiger partial charge in [-0.05, 0) is 99.8 Å². The van der Waals surface area contributed by atoms with E-state index < -0.39 is 24.0 Å². The number of methoxy groups -OCH3 is 1. The second-order valence-corrected chi connectivity index (χ2v) is 16.1. The van der Waals surface area contributed by atoms with Gasteiger partial charge in [-0.15, -0.1) is 0 Å². The van der Waals surface area contributed by atoms with E-state index in [0.717, 1.165) is 57.7 Å². The maximum absolute atomic E-state index is 14.7. The van der Waals surface area contributed by atoms with Crippen molar-refractivity contribution in [2.24, 2.45) is 0 Å². The molecule has 9 nitrogen and oxygen atoms in total. The average Bonchev–Trinajstić information content (AvgIpc) is 3.29. The van der Waals surface area contributed by atoms with Crippen molar-refractivity contribution in [3.63, 3.8) is 0 Å². The zero-order valence-electron chi connectivity index (χ0n) is 33.9. The van der Waals surface area contributed by atoms with Gasteiger partial charge in [-0.2, -0.15) is 0 Å². The number of rotatable bonds is 14. The second kappa shape index (κ2) is 18.7. The van der Waals surface area contributed by atoms with Gasteiger partial charge in [0.1, 0.15) is 30.8 Å². The molecule has 2 N–H and O–H groups in total. The number of nitrogens with zero attached hydrogens (tertiary/aromatic N) is 1. The van der Waals surface area contributed by atoms with Crippen LogP contribution in [0.1, 0.15) is 69.2 Å². The monoisotopic (exact) mass is 856 g/mol. The van der Waals surface area contributed by atoms with E-state index in [9.17, 15) is 14.7 Å². The lowest BCUT2D eigenvalue weighted by Crippen LogP contribution is -2.44. The van der Waals surface area contributed by atoms with Gasteiger partial charge < -0.3 is 29.4 Å². The molecule has 0 fully saturated rings. The minimum Gasteiger partial charge on any atom is -0.497 e. The van der Waals surface area contributed by atoms with Gasteiger partial charge in [-0.1, -0.05) is 115 Å². The van der Waals surface area contributed by atoms with Gasteiger partial charge >= 0.3 is 5.97 Å². The van der Waals surface area contributed by atoms with Crippen molar-refractivity contribution in [3.05, 3.63) is 176 Å². The van der Waals surface area contributed by atoms with E-state index >= 15 is 0 Å². The minimum atomic E-state index is -1.21. The first-order chi connectivity index (χ1) is 29.7. The van der Waals surface area contributed by atoms with Crippen molar-refractivity contribution in [1.82, 2.24) is 10.2 Å². The molecule has 0 spiro atoms. The number of fused-ring (bicyclic) bond motifs is 2. The maximum atomic E-state index is 14.7. The lowest BCUT2D eigenvalue weighted by atomic mass is 9.90. The molecule has 3 atom stereocenters. The standard InChI is InChI=1S/C50H46Cl2N2O7/c1-3-44(35-7-5-4-6-8-35)54-24-23-37-27-45-48(61-46(30-60-45)36-16-20-39(21-17-36)59-29-32-11-22-41(51)42(52)25-32)47(40(37)28-54)49(55)53-43(50(56)57)26-31-9-12-33(13-10-31)34-14-18-38(58-2)19-15-34/h4-22,25,27,43-44,46H,3,23-24,26,28-30H2,1-2H3,(H,53,55)(H,56,57)/t43?,44-,46+/m0/s1. The van der Waals surface area contributed by atoms with Crippen molar-refractivity contribution in [2.75, 3.05) is 20.3 Å². The highest BCUT2D eigenvalue weighted by Gasteiger charge is 2.36. The van der Waals surface area contributed by atoms with Gasteiger partial charge in [0.15, 0.2) is 17.6 Å². The summed E-state index contributed by atoms with van der Waals surface area (Å²) in [6, 6.07) is 39.6. The molecule has 1 unspecified atom stereocenters. The van der Waals surface area contributed by atoms with E-state index in [4.69, 9.17) is 42.1 Å². The molecular formula is C50H46Cl2N2O7. The van der Waals surface area contributed by atoms with Crippen LogP contribution in [0.15, 0.2) is 127 Å². The van der Waals surface area contributed by atoms with Crippen LogP contribution in [0.2, 0.25) is 10.0 Å². The number of halogens is 2. The predicted molar refractivity (Wildman–Crippen MR) is 237 cm³/mol. The first-order valence-electron chi connectivity index (χ1n) is 20.4. The predicted octanol–water partition coefficient (Wildman–Crippen LogP) is 10.7. The summed E-state index contributed by atoms with van der Waals surface area (Å²) in [7, 11) is 1.63. The van der Waals surface area contributed by atoms with Crippen LogP contribution < -0.4 is 24.3 Å². The van der Waals surface area contributed by atoms with E-state index in [0.29, 0.717) is 52.4 Å². The molecule has 8 rings (SSSR count). The lowest BCUT2D eigenvalue weighted by molar-refractivity contribution is -0.139. The summed E-state index contributed by atoms with van der Waals surface area (Å²) < 4.78 is 24.4. The van der Waals surface area contributed by atoms with Gasteiger partial charge in [-0.3, -0.25) is 9.69 Å². The number of carbonyl (C=O) groups excluding carboxylic acids is 1. The number of carbonyl (C=O) groups is 2. The Hall–Kier alpha value is -6.00. The van der Waals surface area contributed by atoms with Crippen molar-refractivity contribution in [2.45, 2.75) is 57.5 Å². The maximum Gasteiger partial charge on any atom is 0.326 e. The molecule has 2 aliphatic rings. The number of hydrogen-bond donors (Lipinski definition) is 2. The number of carboxylic acids is 1. The summed E-state index contributed by atoms with van der Waals surface area (Å²) in [4.78, 5) is 30.0. The molecule has 2 heterocycles. The van der Waals surface area contributed by atoms with Gasteiger partial charge in [0.2, 0.25) is 0 Å². The Bertz CT molecular complexity index is 2500. The normalized spacial score (nSPS) is 15.6. The summed E-state index contributed by atoms with van der Waals surface area (Å²) in [6.07, 6.45) is 1.09. The lowest BCUT2D eigenvalue weighted by Gasteiger charge is -2.38. The van der Waals surface area contributed by atoms with Crippen LogP contribution in [0.25, 0.3) is 11.1 Å². The van der Waals surface area contributed by atoms with Gasteiger partial charge in [0, 0.05) is 25.6 Å². The van der Waals surface area contributed by atoms with Gasteiger partial charge in [0.25, 0.3) is 5.91 Å². The summed E-state index contributed by atoms with van der Waals surface area (Å²) in [5.41, 5.74) is 7.75. The Morgan fingerprint density at radius 1 is 0.852 bits per heavy atom. The highest BCUT2D eigenvalue weighted by atomic mass is 35.5. The Morgan fingerprint density at radius 2 is 1.54 bits per heavy atom. The first-order valence-corrected chi connectivity index (χ1v) is 21.1. The fourth-order valence-electron chi connectivity index (χ4n) is 8.16. The van der Waals surface area contributed by atoms with Crippen LogP contribution in [0.4, 0.5) is 0 Å². The fraction of sp³-hybridized carbons (Fsp3) is 0.240. The van der Waals surface area contributed by atoms with Crippen molar-refractivity contribution >= 4 is 35.1 Å². The minimum absolute atomic E-state index is 0.0820. The van der Waals surface area contributed by atoms with Crippen molar-refractivity contribution < 1.29 is 33.6 Å². The number of benzene rings is 6. The van der Waals surface area contributed by atoms with Crippen LogP contribution in [-0.2, 0) is 30.8 Å². The van der Waals surface area contributed by atoms with Gasteiger partial charge in [-0.25, -0.2) is 4.79 Å². The fourth-order valence-corrected chi connectivity index (χ4v) is 8.48. The number of amides is 1. The Balaban J connectivity index is 1.07. The quantitative estimate of drug-likeness (QED) is 0.112. The van der Waals surface area contributed by atoms with Crippen LogP contribution >= 0.6 is 23.2 Å². The average molecular weight is 858 g/mol. The molecule has 0 saturated heterocycles. The van der Waals surface area contributed by atoms with Gasteiger partial charge in [0.05, 0.1) is 22.7 Å². The smallest absolute Gasteiger partial charge is 0.326 e. The zero-order valence-corrected chi connectivity index (χ0v) is 35.4. The summed E-state index contributed by atoms with van der Waals surface area (Å²) in [5, 5.41) is 14.3. The number of aliphatic carboxylic acids is 1. The molecule has 0 aromatic heterocycles. The molecule has 0 saturated carbocycles. The molecule has 61 heavy (non-hydrogen) atoms. The van der Waals surface area contributed by atoms with Crippen molar-refractivity contribution in [3.8, 4) is 34.1 Å². The molecular weight excluding hydrogens is 811 g/mol. The van der Waals surface area contributed by atoms with E-state index in [1.54, 1.807) is 19.2 Å². The molecule has 6 aromatic carbocycles. The highest BCUT2D eigenvalue weighted by Crippen LogP contribution is 2.45. The molecule has 11 heteroatoms. The number of hydrogen-bond acceptors (Lipinski definition) is 7. The molecule has 312 valence electrons. The molecule has 2 aliphatic heterocycles. The summed E-state index contributed by atoms with van der Waals surface area (Å²) >= 11 is 12.3. The summed E-state index contributed by atoms with van der Waals surface area (Å²) in [6.45, 7) is 3.96. The Morgan fingerprint density at radius 3 is 2.21 bits per heavy atom. The molecule has 1 amide bonds. The third kappa shape index (κ3) is 9.50. The molecule has 0 radical (unpaired) electrons. The van der Waals surface area contributed by atoms with E-state index in [1.807, 2.05) is 103 Å². The van der Waals surface area contributed by atoms with E-state index in [1.165, 1.54) is 5.56 Å². The number of ether oxygens (including phenoxy) is 4. The molecule has 0 bridgehead atoms. The van der Waals surface area contributed by atoms with Crippen LogP contribution in [0.3, 0.4) is 0 Å². The first kappa shape index (κ1) is 41.7. The Labute approximate surface area is 365 Å². The largest absolute Gasteiger partial charge is 0.497 e. The third-order valence-corrected chi connectivity index (χ3v) is 12.2. The number of nitrogens with one attached hydrogen (secondary N) is 1. The highest BCUT2D eigenvalue weighted by molar-refractivity contribution is 6.42.